The third-order valence-electron chi connectivity index (χ3n) is 2.36. The van der Waals surface area contributed by atoms with Crippen LogP contribution in [0.15, 0.2) is 16.6 Å². The van der Waals surface area contributed by atoms with Crippen LogP contribution in [0.3, 0.4) is 0 Å². The number of benzene rings is 1. The molecule has 0 spiro atoms. The first-order chi connectivity index (χ1) is 6.04. The molecule has 1 aliphatic rings. The van der Waals surface area contributed by atoms with E-state index >= 15 is 0 Å². The van der Waals surface area contributed by atoms with E-state index in [4.69, 9.17) is 5.73 Å². The van der Waals surface area contributed by atoms with Gasteiger partial charge in [0.15, 0.2) is 0 Å². The molecule has 1 aromatic rings. The van der Waals surface area contributed by atoms with Gasteiger partial charge in [-0.15, -0.1) is 0 Å². The Labute approximate surface area is 83.7 Å². The summed E-state index contributed by atoms with van der Waals surface area (Å²) in [6.07, 6.45) is 1.54. The summed E-state index contributed by atoms with van der Waals surface area (Å²) in [7, 11) is 0. The van der Waals surface area contributed by atoms with Crippen molar-refractivity contribution >= 4 is 15.9 Å². The summed E-state index contributed by atoms with van der Waals surface area (Å²) in [5.74, 6) is -0.321. The number of nitrogens with two attached hydrogens (primary N) is 1. The van der Waals surface area contributed by atoms with E-state index in [9.17, 15) is 9.50 Å². The van der Waals surface area contributed by atoms with Crippen LogP contribution in [-0.4, -0.2) is 5.11 Å². The quantitative estimate of drug-likeness (QED) is 0.798. The average molecular weight is 246 g/mol. The molecule has 0 atom stereocenters. The van der Waals surface area contributed by atoms with Crippen molar-refractivity contribution in [2.45, 2.75) is 18.4 Å². The molecule has 0 aromatic heterocycles. The number of hydrogen-bond donors (Lipinski definition) is 2. The molecule has 1 saturated carbocycles. The second kappa shape index (κ2) is 2.69. The van der Waals surface area contributed by atoms with Gasteiger partial charge >= 0.3 is 0 Å². The second-order valence-electron chi connectivity index (χ2n) is 3.41. The van der Waals surface area contributed by atoms with Gasteiger partial charge in [-0.25, -0.2) is 4.39 Å². The van der Waals surface area contributed by atoms with Crippen LogP contribution >= 0.6 is 15.9 Å². The van der Waals surface area contributed by atoms with Crippen LogP contribution in [0, 0.1) is 5.82 Å². The summed E-state index contributed by atoms with van der Waals surface area (Å²) in [5, 5.41) is 9.35. The summed E-state index contributed by atoms with van der Waals surface area (Å²) in [6.45, 7) is 0. The Hall–Kier alpha value is -0.610. The largest absolute Gasteiger partial charge is 0.507 e. The monoisotopic (exact) mass is 245 g/mol. The molecule has 1 aliphatic carbocycles. The first-order valence-corrected chi connectivity index (χ1v) is 4.80. The summed E-state index contributed by atoms with van der Waals surface area (Å²) >= 11 is 3.14. The van der Waals surface area contributed by atoms with E-state index in [1.54, 1.807) is 0 Å². The zero-order valence-corrected chi connectivity index (χ0v) is 8.44. The van der Waals surface area contributed by atoms with Crippen molar-refractivity contribution in [2.75, 3.05) is 0 Å². The molecule has 1 fully saturated rings. The van der Waals surface area contributed by atoms with Crippen LogP contribution in [0.25, 0.3) is 0 Å². The van der Waals surface area contributed by atoms with Gasteiger partial charge in [0, 0.05) is 11.1 Å². The predicted molar refractivity (Wildman–Crippen MR) is 50.9 cm³/mol. The fraction of sp³-hybridized carbons (Fsp3) is 0.333. The molecule has 2 rings (SSSR count). The maximum atomic E-state index is 13.3. The molecule has 2 nitrogen and oxygen atoms in total. The van der Waals surface area contributed by atoms with E-state index in [1.165, 1.54) is 12.1 Å². The van der Waals surface area contributed by atoms with E-state index in [-0.39, 0.29) is 11.6 Å². The number of rotatable bonds is 1. The third kappa shape index (κ3) is 1.34. The van der Waals surface area contributed by atoms with Crippen LogP contribution in [-0.2, 0) is 5.54 Å². The van der Waals surface area contributed by atoms with E-state index in [0.29, 0.717) is 10.0 Å². The summed E-state index contributed by atoms with van der Waals surface area (Å²) < 4.78 is 13.7. The van der Waals surface area contributed by atoms with Gasteiger partial charge in [0.25, 0.3) is 0 Å². The molecule has 13 heavy (non-hydrogen) atoms. The predicted octanol–water partition coefficient (Wildman–Crippen LogP) is 2.24. The molecule has 0 heterocycles. The molecule has 0 amide bonds. The minimum atomic E-state index is -0.568. The fourth-order valence-electron chi connectivity index (χ4n) is 1.38. The second-order valence-corrected chi connectivity index (χ2v) is 4.20. The lowest BCUT2D eigenvalue weighted by atomic mass is 10.1. The van der Waals surface area contributed by atoms with Crippen molar-refractivity contribution < 1.29 is 9.50 Å². The summed E-state index contributed by atoms with van der Waals surface area (Å²) in [4.78, 5) is 0. The highest BCUT2D eigenvalue weighted by atomic mass is 79.9. The molecule has 3 N–H and O–H groups in total. The zero-order valence-electron chi connectivity index (χ0n) is 6.85. The summed E-state index contributed by atoms with van der Waals surface area (Å²) in [5.41, 5.74) is 5.69. The molecule has 0 bridgehead atoms. The summed E-state index contributed by atoms with van der Waals surface area (Å²) in [6, 6.07) is 2.55. The van der Waals surface area contributed by atoms with Gasteiger partial charge in [-0.3, -0.25) is 0 Å². The fourth-order valence-corrected chi connectivity index (χ4v) is 2.10. The molecule has 0 unspecified atom stereocenters. The zero-order chi connectivity index (χ0) is 9.64. The van der Waals surface area contributed by atoms with Crippen LogP contribution in [0.5, 0.6) is 5.75 Å². The van der Waals surface area contributed by atoms with E-state index in [1.807, 2.05) is 0 Å². The van der Waals surface area contributed by atoms with Gasteiger partial charge in [0.2, 0.25) is 0 Å². The Morgan fingerprint density at radius 2 is 2.08 bits per heavy atom. The van der Waals surface area contributed by atoms with Crippen molar-refractivity contribution in [3.63, 3.8) is 0 Å². The average Bonchev–Trinajstić information content (AvgIpc) is 2.78. The third-order valence-corrected chi connectivity index (χ3v) is 3.16. The molecular formula is C9H9BrFNO. The SMILES string of the molecule is NC1(c2c(F)ccc(O)c2Br)CC1. The number of halogens is 2. The van der Waals surface area contributed by atoms with E-state index in [0.717, 1.165) is 12.8 Å². The van der Waals surface area contributed by atoms with Crippen molar-refractivity contribution in [2.24, 2.45) is 5.73 Å². The number of phenols is 1. The standard InChI is InChI=1S/C9H9BrFNO/c10-8-6(13)2-1-5(11)7(8)9(12)3-4-9/h1-2,13H,3-4,12H2. The lowest BCUT2D eigenvalue weighted by Crippen LogP contribution is -2.21. The van der Waals surface area contributed by atoms with Crippen molar-refractivity contribution in [3.8, 4) is 5.75 Å². The Morgan fingerprint density at radius 3 is 2.62 bits per heavy atom. The van der Waals surface area contributed by atoms with Crippen LogP contribution < -0.4 is 5.73 Å². The van der Waals surface area contributed by atoms with Gasteiger partial charge in [0.05, 0.1) is 4.47 Å². The smallest absolute Gasteiger partial charge is 0.130 e. The molecule has 70 valence electrons. The van der Waals surface area contributed by atoms with Crippen molar-refractivity contribution in [1.29, 1.82) is 0 Å². The van der Waals surface area contributed by atoms with Crippen molar-refractivity contribution in [3.05, 3.63) is 28.0 Å². The molecule has 0 saturated heterocycles. The van der Waals surface area contributed by atoms with Gasteiger partial charge in [-0.2, -0.15) is 0 Å². The highest BCUT2D eigenvalue weighted by Crippen LogP contribution is 2.48. The Morgan fingerprint density at radius 1 is 1.46 bits per heavy atom. The Kier molecular flexibility index (Phi) is 1.85. The maximum absolute atomic E-state index is 13.3. The molecule has 0 aliphatic heterocycles. The Balaban J connectivity index is 2.61. The highest BCUT2D eigenvalue weighted by molar-refractivity contribution is 9.10. The lowest BCUT2D eigenvalue weighted by Gasteiger charge is -2.13. The van der Waals surface area contributed by atoms with Crippen LogP contribution in [0.4, 0.5) is 4.39 Å². The minimum absolute atomic E-state index is 0.0353. The number of phenolic OH excluding ortho intramolecular Hbond substituents is 1. The van der Waals surface area contributed by atoms with Gasteiger partial charge in [-0.05, 0) is 40.9 Å². The maximum Gasteiger partial charge on any atom is 0.130 e. The topological polar surface area (TPSA) is 46.2 Å². The minimum Gasteiger partial charge on any atom is -0.507 e. The highest BCUT2D eigenvalue weighted by Gasteiger charge is 2.44. The van der Waals surface area contributed by atoms with Crippen LogP contribution in [0.1, 0.15) is 18.4 Å². The lowest BCUT2D eigenvalue weighted by molar-refractivity contribution is 0.464. The molecular weight excluding hydrogens is 237 g/mol. The van der Waals surface area contributed by atoms with E-state index in [2.05, 4.69) is 15.9 Å². The first kappa shape index (κ1) is 8.97. The van der Waals surface area contributed by atoms with Gasteiger partial charge in [-0.1, -0.05) is 0 Å². The first-order valence-electron chi connectivity index (χ1n) is 4.01. The molecule has 1 aromatic carbocycles. The van der Waals surface area contributed by atoms with Crippen molar-refractivity contribution in [1.82, 2.24) is 0 Å². The normalized spacial score (nSPS) is 18.7. The van der Waals surface area contributed by atoms with Crippen LogP contribution in [0.2, 0.25) is 0 Å². The van der Waals surface area contributed by atoms with Gasteiger partial charge < -0.3 is 10.8 Å². The number of hydrogen-bond acceptors (Lipinski definition) is 2. The Bertz CT molecular complexity index is 363. The molecule has 0 radical (unpaired) electrons. The van der Waals surface area contributed by atoms with E-state index < -0.39 is 5.54 Å². The van der Waals surface area contributed by atoms with Gasteiger partial charge in [0.1, 0.15) is 11.6 Å². The molecule has 4 heteroatoms. The number of aromatic hydroxyl groups is 1.